The van der Waals surface area contributed by atoms with E-state index in [4.69, 9.17) is 9.47 Å². The molecule has 0 saturated heterocycles. The minimum absolute atomic E-state index is 0.0560. The summed E-state index contributed by atoms with van der Waals surface area (Å²) in [6, 6.07) is 0. The Labute approximate surface area is 214 Å². The standard InChI is InChI=1S/C25H35N5O5S/c1-8-34-21(31)17-18(22(32)35-9-2)20(36-24-26-12-13-29(24)7)30-19(17)27-16(28-23(30)33)11-10-15(3)14-25(4,5)6/h12-13,15H,8-11,14H2,1-7H3,(H,27,28,33). The number of imidazole rings is 1. The van der Waals surface area contributed by atoms with Crippen LogP contribution < -0.4 is 5.69 Å². The number of aromatic amines is 1. The number of H-pyrrole nitrogens is 1. The predicted molar refractivity (Wildman–Crippen MR) is 137 cm³/mol. The molecule has 1 N–H and O–H groups in total. The van der Waals surface area contributed by atoms with Crippen molar-refractivity contribution < 1.29 is 19.1 Å². The van der Waals surface area contributed by atoms with Crippen molar-refractivity contribution in [3.8, 4) is 0 Å². The van der Waals surface area contributed by atoms with Gasteiger partial charge in [0.2, 0.25) is 0 Å². The average Bonchev–Trinajstić information content (AvgIpc) is 3.33. The molecule has 3 aromatic heterocycles. The van der Waals surface area contributed by atoms with Crippen LogP contribution in [-0.4, -0.2) is 49.1 Å². The quantitative estimate of drug-likeness (QED) is 0.396. The number of hydrogen-bond donors (Lipinski definition) is 1. The lowest BCUT2D eigenvalue weighted by Crippen LogP contribution is -2.22. The van der Waals surface area contributed by atoms with Gasteiger partial charge in [-0.05, 0) is 49.8 Å². The number of nitrogens with one attached hydrogen (secondary N) is 1. The van der Waals surface area contributed by atoms with Gasteiger partial charge in [0, 0.05) is 25.9 Å². The third-order valence-electron chi connectivity index (χ3n) is 5.56. The fourth-order valence-electron chi connectivity index (χ4n) is 4.24. The van der Waals surface area contributed by atoms with Gasteiger partial charge in [0.05, 0.1) is 13.2 Å². The Kier molecular flexibility index (Phi) is 8.65. The second-order valence-electron chi connectivity index (χ2n) is 9.98. The van der Waals surface area contributed by atoms with Crippen molar-refractivity contribution in [3.63, 3.8) is 0 Å². The number of carbonyl (C=O) groups is 2. The maximum absolute atomic E-state index is 13.4. The smallest absolute Gasteiger partial charge is 0.342 e. The zero-order chi connectivity index (χ0) is 26.6. The Morgan fingerprint density at radius 1 is 1.14 bits per heavy atom. The molecule has 1 unspecified atom stereocenters. The van der Waals surface area contributed by atoms with E-state index in [2.05, 4.69) is 42.6 Å². The Bertz CT molecular complexity index is 1300. The Balaban J connectivity index is 2.19. The maximum Gasteiger partial charge on any atom is 0.342 e. The molecule has 3 heterocycles. The highest BCUT2D eigenvalue weighted by molar-refractivity contribution is 7.99. The van der Waals surface area contributed by atoms with Gasteiger partial charge in [-0.1, -0.05) is 27.7 Å². The molecule has 0 radical (unpaired) electrons. The van der Waals surface area contributed by atoms with Crippen molar-refractivity contribution in [3.05, 3.63) is 39.8 Å². The van der Waals surface area contributed by atoms with E-state index in [1.54, 1.807) is 37.9 Å². The summed E-state index contributed by atoms with van der Waals surface area (Å²) in [5.41, 5.74) is -0.387. The van der Waals surface area contributed by atoms with Crippen LogP contribution >= 0.6 is 11.8 Å². The summed E-state index contributed by atoms with van der Waals surface area (Å²) in [4.78, 5) is 51.3. The summed E-state index contributed by atoms with van der Waals surface area (Å²) in [6.45, 7) is 12.3. The maximum atomic E-state index is 13.4. The van der Waals surface area contributed by atoms with Crippen LogP contribution in [0.1, 0.15) is 80.9 Å². The number of aromatic nitrogens is 5. The van der Waals surface area contributed by atoms with Crippen LogP contribution in [0.3, 0.4) is 0 Å². The largest absolute Gasteiger partial charge is 0.462 e. The van der Waals surface area contributed by atoms with Gasteiger partial charge in [-0.15, -0.1) is 0 Å². The second-order valence-corrected chi connectivity index (χ2v) is 10.9. The molecule has 3 rings (SSSR count). The molecule has 0 bridgehead atoms. The predicted octanol–water partition coefficient (Wildman–Crippen LogP) is 4.27. The first-order valence-corrected chi connectivity index (χ1v) is 13.0. The van der Waals surface area contributed by atoms with E-state index in [9.17, 15) is 14.4 Å². The van der Waals surface area contributed by atoms with Crippen molar-refractivity contribution >= 4 is 29.3 Å². The van der Waals surface area contributed by atoms with Crippen LogP contribution in [-0.2, 0) is 22.9 Å². The number of rotatable bonds is 10. The number of fused-ring (bicyclic) bond motifs is 1. The van der Waals surface area contributed by atoms with Crippen LogP contribution in [0, 0.1) is 11.3 Å². The van der Waals surface area contributed by atoms with Gasteiger partial charge in [0.25, 0.3) is 0 Å². The third-order valence-corrected chi connectivity index (χ3v) is 6.71. The van der Waals surface area contributed by atoms with Crippen LogP contribution in [0.15, 0.2) is 27.4 Å². The SMILES string of the molecule is CCOC(=O)c1c(C(=O)OCC)c2nc(CCC(C)CC(C)(C)C)[nH]c(=O)n2c1Sc1nccn1C. The molecule has 10 nitrogen and oxygen atoms in total. The molecule has 0 amide bonds. The lowest BCUT2D eigenvalue weighted by molar-refractivity contribution is 0.0478. The lowest BCUT2D eigenvalue weighted by atomic mass is 9.84. The normalized spacial score (nSPS) is 12.6. The number of esters is 2. The van der Waals surface area contributed by atoms with Gasteiger partial charge in [0.15, 0.2) is 10.8 Å². The van der Waals surface area contributed by atoms with Crippen molar-refractivity contribution in [1.29, 1.82) is 0 Å². The highest BCUT2D eigenvalue weighted by atomic mass is 32.2. The highest BCUT2D eigenvalue weighted by Crippen LogP contribution is 2.35. The molecule has 0 aliphatic carbocycles. The van der Waals surface area contributed by atoms with E-state index in [-0.39, 0.29) is 40.4 Å². The number of nitrogens with zero attached hydrogens (tertiary/aromatic N) is 4. The second kappa shape index (κ2) is 11.3. The van der Waals surface area contributed by atoms with Crippen molar-refractivity contribution in [2.24, 2.45) is 18.4 Å². The average molecular weight is 518 g/mol. The van der Waals surface area contributed by atoms with Crippen LogP contribution in [0.5, 0.6) is 0 Å². The summed E-state index contributed by atoms with van der Waals surface area (Å²) in [6.07, 6.45) is 5.70. The molecule has 1 atom stereocenters. The first-order chi connectivity index (χ1) is 17.0. The van der Waals surface area contributed by atoms with E-state index >= 15 is 0 Å². The first kappa shape index (κ1) is 27.5. The Morgan fingerprint density at radius 3 is 2.33 bits per heavy atom. The fourth-order valence-corrected chi connectivity index (χ4v) is 5.28. The number of hydrogen-bond acceptors (Lipinski definition) is 8. The van der Waals surface area contributed by atoms with E-state index in [1.165, 1.54) is 4.40 Å². The monoisotopic (exact) mass is 517 g/mol. The number of aryl methyl sites for hydroxylation is 2. The lowest BCUT2D eigenvalue weighted by Gasteiger charge is -2.23. The molecule has 196 valence electrons. The van der Waals surface area contributed by atoms with Crippen LogP contribution in [0.4, 0.5) is 0 Å². The summed E-state index contributed by atoms with van der Waals surface area (Å²) >= 11 is 1.08. The third kappa shape index (κ3) is 6.18. The summed E-state index contributed by atoms with van der Waals surface area (Å²) in [5.74, 6) is -0.620. The van der Waals surface area contributed by atoms with E-state index < -0.39 is 17.6 Å². The summed E-state index contributed by atoms with van der Waals surface area (Å²) < 4.78 is 13.5. The number of carbonyl (C=O) groups excluding carboxylic acids is 2. The van der Waals surface area contributed by atoms with Gasteiger partial charge in [-0.2, -0.15) is 0 Å². The van der Waals surface area contributed by atoms with Crippen molar-refractivity contribution in [2.45, 2.75) is 71.0 Å². The molecule has 0 aliphatic rings. The van der Waals surface area contributed by atoms with E-state index in [0.29, 0.717) is 23.3 Å². The molecular formula is C25H35N5O5S. The molecule has 0 spiro atoms. The molecule has 3 aromatic rings. The van der Waals surface area contributed by atoms with Crippen molar-refractivity contribution in [2.75, 3.05) is 13.2 Å². The van der Waals surface area contributed by atoms with Crippen LogP contribution in [0.2, 0.25) is 0 Å². The van der Waals surface area contributed by atoms with Gasteiger partial charge in [-0.25, -0.2) is 28.8 Å². The summed E-state index contributed by atoms with van der Waals surface area (Å²) in [7, 11) is 1.79. The van der Waals surface area contributed by atoms with Crippen LogP contribution in [0.25, 0.3) is 5.65 Å². The molecule has 0 fully saturated rings. The molecular weight excluding hydrogens is 482 g/mol. The fraction of sp³-hybridized carbons (Fsp3) is 0.560. The Hall–Kier alpha value is -3.08. The highest BCUT2D eigenvalue weighted by Gasteiger charge is 2.33. The first-order valence-electron chi connectivity index (χ1n) is 12.1. The minimum Gasteiger partial charge on any atom is -0.462 e. The zero-order valence-corrected chi connectivity index (χ0v) is 22.8. The van der Waals surface area contributed by atoms with E-state index in [1.807, 2.05) is 0 Å². The minimum atomic E-state index is -0.741. The molecule has 0 saturated carbocycles. The molecule has 36 heavy (non-hydrogen) atoms. The zero-order valence-electron chi connectivity index (χ0n) is 22.0. The Morgan fingerprint density at radius 2 is 1.78 bits per heavy atom. The molecule has 0 aromatic carbocycles. The molecule has 11 heteroatoms. The van der Waals surface area contributed by atoms with Gasteiger partial charge in [-0.3, -0.25) is 4.98 Å². The summed E-state index contributed by atoms with van der Waals surface area (Å²) in [5, 5.41) is 0.719. The van der Waals surface area contributed by atoms with E-state index in [0.717, 1.165) is 24.6 Å². The topological polar surface area (TPSA) is 121 Å². The molecule has 0 aliphatic heterocycles. The van der Waals surface area contributed by atoms with Gasteiger partial charge >= 0.3 is 17.6 Å². The van der Waals surface area contributed by atoms with Gasteiger partial charge in [0.1, 0.15) is 22.0 Å². The van der Waals surface area contributed by atoms with Gasteiger partial charge < -0.3 is 14.0 Å². The number of ether oxygens (including phenoxy) is 2. The van der Waals surface area contributed by atoms with Crippen molar-refractivity contribution in [1.82, 2.24) is 23.9 Å².